The number of likely N-dealkylation sites (tertiary alicyclic amines) is 1. The zero-order valence-corrected chi connectivity index (χ0v) is 10.7. The van der Waals surface area contributed by atoms with Crippen LogP contribution in [0.1, 0.15) is 31.4 Å². The molecule has 2 heterocycles. The van der Waals surface area contributed by atoms with Gasteiger partial charge in [-0.3, -0.25) is 19.7 Å². The number of nitrogens with zero attached hydrogens (tertiary/aromatic N) is 3. The number of aliphatic carboxylic acids is 1. The lowest BCUT2D eigenvalue weighted by Crippen LogP contribution is -2.48. The van der Waals surface area contributed by atoms with Gasteiger partial charge >= 0.3 is 5.97 Å². The molecule has 0 bridgehead atoms. The van der Waals surface area contributed by atoms with Crippen LogP contribution in [0.3, 0.4) is 0 Å². The number of carboxylic acids is 1. The summed E-state index contributed by atoms with van der Waals surface area (Å²) in [6, 6.07) is 0. The lowest BCUT2D eigenvalue weighted by molar-refractivity contribution is -0.149. The molecule has 5 nitrogen and oxygen atoms in total. The van der Waals surface area contributed by atoms with E-state index in [-0.39, 0.29) is 0 Å². The maximum atomic E-state index is 11.5. The Labute approximate surface area is 107 Å². The number of carbonyl (C=O) groups is 1. The van der Waals surface area contributed by atoms with Crippen molar-refractivity contribution >= 4 is 5.97 Å². The van der Waals surface area contributed by atoms with Crippen LogP contribution in [-0.4, -0.2) is 45.1 Å². The fourth-order valence-electron chi connectivity index (χ4n) is 2.73. The van der Waals surface area contributed by atoms with E-state index in [2.05, 4.69) is 9.97 Å². The summed E-state index contributed by atoms with van der Waals surface area (Å²) in [5, 5.41) is 9.46. The first-order valence-corrected chi connectivity index (χ1v) is 6.35. The minimum atomic E-state index is -0.693. The van der Waals surface area contributed by atoms with Crippen LogP contribution in [0.25, 0.3) is 0 Å². The first-order valence-electron chi connectivity index (χ1n) is 6.35. The molecule has 0 aliphatic carbocycles. The van der Waals surface area contributed by atoms with Crippen molar-refractivity contribution in [1.29, 1.82) is 0 Å². The van der Waals surface area contributed by atoms with Gasteiger partial charge in [-0.2, -0.15) is 0 Å². The summed E-state index contributed by atoms with van der Waals surface area (Å²) >= 11 is 0. The number of aryl methyl sites for hydroxylation is 1. The van der Waals surface area contributed by atoms with Crippen LogP contribution in [0, 0.1) is 0 Å². The molecule has 0 saturated carbocycles. The van der Waals surface area contributed by atoms with Gasteiger partial charge in [0.25, 0.3) is 0 Å². The predicted octanol–water partition coefficient (Wildman–Crippen LogP) is 1.35. The molecule has 2 rings (SSSR count). The molecule has 1 aliphatic rings. The Balaban J connectivity index is 1.93. The highest BCUT2D eigenvalue weighted by atomic mass is 16.4. The van der Waals surface area contributed by atoms with Gasteiger partial charge in [-0.05, 0) is 45.7 Å². The fraction of sp³-hybridized carbons (Fsp3) is 0.615. The van der Waals surface area contributed by atoms with Crippen molar-refractivity contribution in [3.8, 4) is 0 Å². The molecule has 1 aromatic heterocycles. The topological polar surface area (TPSA) is 66.3 Å². The summed E-state index contributed by atoms with van der Waals surface area (Å²) in [6.45, 7) is 0.872. The molecule has 1 N–H and O–H groups in total. The van der Waals surface area contributed by atoms with Crippen molar-refractivity contribution in [3.05, 3.63) is 24.3 Å². The molecule has 0 aromatic carbocycles. The summed E-state index contributed by atoms with van der Waals surface area (Å²) in [4.78, 5) is 21.7. The van der Waals surface area contributed by atoms with Gasteiger partial charge in [-0.25, -0.2) is 0 Å². The van der Waals surface area contributed by atoms with Gasteiger partial charge in [0.05, 0.1) is 5.69 Å². The molecular weight excluding hydrogens is 230 g/mol. The molecular formula is C13H19N3O2. The third-order valence-electron chi connectivity index (χ3n) is 3.85. The van der Waals surface area contributed by atoms with Gasteiger partial charge in [-0.1, -0.05) is 0 Å². The average molecular weight is 249 g/mol. The van der Waals surface area contributed by atoms with Gasteiger partial charge in [-0.15, -0.1) is 0 Å². The zero-order valence-electron chi connectivity index (χ0n) is 10.7. The normalized spacial score (nSPS) is 24.3. The molecule has 1 aliphatic heterocycles. The second kappa shape index (κ2) is 5.44. The Morgan fingerprint density at radius 1 is 1.56 bits per heavy atom. The maximum absolute atomic E-state index is 11.5. The van der Waals surface area contributed by atoms with E-state index >= 15 is 0 Å². The first kappa shape index (κ1) is 13.0. The number of hydrogen-bond donors (Lipinski definition) is 1. The van der Waals surface area contributed by atoms with E-state index in [0.717, 1.165) is 37.9 Å². The van der Waals surface area contributed by atoms with Crippen LogP contribution in [0.4, 0.5) is 0 Å². The summed E-state index contributed by atoms with van der Waals surface area (Å²) in [6.07, 6.45) is 9.07. The second-order valence-electron chi connectivity index (χ2n) is 4.91. The average Bonchev–Trinajstić information content (AvgIpc) is 2.73. The van der Waals surface area contributed by atoms with E-state index in [1.807, 2.05) is 11.9 Å². The fourth-order valence-corrected chi connectivity index (χ4v) is 2.73. The highest BCUT2D eigenvalue weighted by Crippen LogP contribution is 2.32. The molecule has 18 heavy (non-hydrogen) atoms. The van der Waals surface area contributed by atoms with Crippen molar-refractivity contribution in [1.82, 2.24) is 14.9 Å². The number of carboxylic acid groups (broad SMARTS) is 1. The van der Waals surface area contributed by atoms with E-state index in [9.17, 15) is 9.90 Å². The van der Waals surface area contributed by atoms with Crippen LogP contribution < -0.4 is 0 Å². The molecule has 0 amide bonds. The van der Waals surface area contributed by atoms with Gasteiger partial charge in [0.15, 0.2) is 0 Å². The van der Waals surface area contributed by atoms with Crippen LogP contribution in [0.15, 0.2) is 18.6 Å². The van der Waals surface area contributed by atoms with Crippen LogP contribution in [0.5, 0.6) is 0 Å². The maximum Gasteiger partial charge on any atom is 0.324 e. The monoisotopic (exact) mass is 249 g/mol. The summed E-state index contributed by atoms with van der Waals surface area (Å²) < 4.78 is 0. The molecule has 1 aromatic rings. The summed E-state index contributed by atoms with van der Waals surface area (Å²) in [7, 11) is 1.91. The summed E-state index contributed by atoms with van der Waals surface area (Å²) in [5.41, 5.74) is 0.265. The number of rotatable bonds is 5. The Hall–Kier alpha value is -1.49. The number of likely N-dealkylation sites (N-methyl/N-ethyl adjacent to an activating group) is 1. The Kier molecular flexibility index (Phi) is 3.91. The van der Waals surface area contributed by atoms with Gasteiger partial charge in [0.2, 0.25) is 0 Å². The Morgan fingerprint density at radius 3 is 2.94 bits per heavy atom. The van der Waals surface area contributed by atoms with Crippen molar-refractivity contribution in [2.75, 3.05) is 13.6 Å². The van der Waals surface area contributed by atoms with E-state index in [4.69, 9.17) is 0 Å². The minimum absolute atomic E-state index is 0.664. The van der Waals surface area contributed by atoms with Gasteiger partial charge in [0, 0.05) is 18.6 Å². The second-order valence-corrected chi connectivity index (χ2v) is 4.91. The molecule has 0 spiro atoms. The number of hydrogen-bond acceptors (Lipinski definition) is 4. The molecule has 0 radical (unpaired) electrons. The minimum Gasteiger partial charge on any atom is -0.480 e. The molecule has 1 fully saturated rings. The molecule has 0 unspecified atom stereocenters. The Bertz CT molecular complexity index is 410. The third-order valence-corrected chi connectivity index (χ3v) is 3.85. The molecule has 98 valence electrons. The highest BCUT2D eigenvalue weighted by Gasteiger charge is 2.44. The summed E-state index contributed by atoms with van der Waals surface area (Å²) in [5.74, 6) is -0.693. The first-order chi connectivity index (χ1) is 8.65. The SMILES string of the molecule is CN1CCC[C@]1(CCCc1cnccn1)C(=O)O. The van der Waals surface area contributed by atoms with Crippen LogP contribution in [-0.2, 0) is 11.2 Å². The van der Waals surface area contributed by atoms with Crippen molar-refractivity contribution in [2.24, 2.45) is 0 Å². The lowest BCUT2D eigenvalue weighted by Gasteiger charge is -2.31. The van der Waals surface area contributed by atoms with Crippen molar-refractivity contribution in [3.63, 3.8) is 0 Å². The highest BCUT2D eigenvalue weighted by molar-refractivity contribution is 5.79. The largest absolute Gasteiger partial charge is 0.480 e. The van der Waals surface area contributed by atoms with E-state index in [1.54, 1.807) is 18.6 Å². The van der Waals surface area contributed by atoms with E-state index < -0.39 is 11.5 Å². The molecule has 1 atom stereocenters. The van der Waals surface area contributed by atoms with Crippen LogP contribution in [0.2, 0.25) is 0 Å². The Morgan fingerprint density at radius 2 is 2.39 bits per heavy atom. The van der Waals surface area contributed by atoms with Crippen molar-refractivity contribution in [2.45, 2.75) is 37.6 Å². The zero-order chi connectivity index (χ0) is 13.0. The van der Waals surface area contributed by atoms with Crippen LogP contribution >= 0.6 is 0 Å². The van der Waals surface area contributed by atoms with Gasteiger partial charge < -0.3 is 5.11 Å². The predicted molar refractivity (Wildman–Crippen MR) is 67.2 cm³/mol. The van der Waals surface area contributed by atoms with Crippen molar-refractivity contribution < 1.29 is 9.90 Å². The molecule has 1 saturated heterocycles. The quantitative estimate of drug-likeness (QED) is 0.853. The van der Waals surface area contributed by atoms with Gasteiger partial charge in [0.1, 0.15) is 5.54 Å². The standard InChI is InChI=1S/C13H19N3O2/c1-16-9-3-6-13(16,12(17)18)5-2-4-11-10-14-7-8-15-11/h7-8,10H,2-6,9H2,1H3,(H,17,18)/t13-/m1/s1. The van der Waals surface area contributed by atoms with E-state index in [1.165, 1.54) is 0 Å². The van der Waals surface area contributed by atoms with E-state index in [0.29, 0.717) is 6.42 Å². The smallest absolute Gasteiger partial charge is 0.324 e. The lowest BCUT2D eigenvalue weighted by atomic mass is 9.89. The number of aromatic nitrogens is 2. The third kappa shape index (κ3) is 2.51. The molecule has 5 heteroatoms.